The SMILES string of the molecule is Cc1ncsc1-c1ccc(O)c(CNC(=O)[C@@H]2C[C@@H](OC(C)(C)C)CN2C(=O)C(C(C)C)N2Cc3ccccc3C2=O)c1. The average molecular weight is 605 g/mol. The van der Waals surface area contributed by atoms with Crippen molar-refractivity contribution in [2.24, 2.45) is 5.92 Å². The number of likely N-dealkylation sites (tertiary alicyclic amines) is 1. The molecule has 228 valence electrons. The van der Waals surface area contributed by atoms with Gasteiger partial charge >= 0.3 is 0 Å². The van der Waals surface area contributed by atoms with Crippen molar-refractivity contribution in [3.63, 3.8) is 0 Å². The fourth-order valence-electron chi connectivity index (χ4n) is 6.07. The Morgan fingerprint density at radius 2 is 1.93 bits per heavy atom. The Labute approximate surface area is 256 Å². The molecule has 3 amide bonds. The summed E-state index contributed by atoms with van der Waals surface area (Å²) in [6.07, 6.45) is -0.00932. The number of hydrogen-bond acceptors (Lipinski definition) is 7. The van der Waals surface area contributed by atoms with Crippen LogP contribution in [-0.4, -0.2) is 67.9 Å². The summed E-state index contributed by atoms with van der Waals surface area (Å²) in [5.74, 6) is -0.858. The van der Waals surface area contributed by atoms with E-state index < -0.39 is 17.7 Å². The lowest BCUT2D eigenvalue weighted by Gasteiger charge is -2.35. The molecule has 0 aliphatic carbocycles. The molecule has 10 heteroatoms. The summed E-state index contributed by atoms with van der Waals surface area (Å²) in [5, 5.41) is 13.5. The molecule has 2 aliphatic heterocycles. The number of thiazole rings is 1. The van der Waals surface area contributed by atoms with Crippen LogP contribution < -0.4 is 5.32 Å². The van der Waals surface area contributed by atoms with E-state index in [9.17, 15) is 19.5 Å². The monoisotopic (exact) mass is 604 g/mol. The van der Waals surface area contributed by atoms with Crippen LogP contribution in [0.5, 0.6) is 5.75 Å². The van der Waals surface area contributed by atoms with Gasteiger partial charge in [-0.3, -0.25) is 14.4 Å². The van der Waals surface area contributed by atoms with E-state index in [1.165, 1.54) is 11.3 Å². The number of ether oxygens (including phenoxy) is 1. The molecule has 0 spiro atoms. The summed E-state index contributed by atoms with van der Waals surface area (Å²) >= 11 is 1.52. The second-order valence-corrected chi connectivity index (χ2v) is 13.6. The van der Waals surface area contributed by atoms with Gasteiger partial charge in [0.15, 0.2) is 0 Å². The molecule has 5 rings (SSSR count). The molecule has 3 atom stereocenters. The third-order valence-corrected chi connectivity index (χ3v) is 8.96. The number of carbonyl (C=O) groups is 3. The van der Waals surface area contributed by atoms with Crippen LogP contribution in [0.2, 0.25) is 0 Å². The highest BCUT2D eigenvalue weighted by atomic mass is 32.1. The molecule has 1 saturated heterocycles. The van der Waals surface area contributed by atoms with Crippen LogP contribution in [0.1, 0.15) is 68.2 Å². The number of amides is 3. The quantitative estimate of drug-likeness (QED) is 0.378. The fourth-order valence-corrected chi connectivity index (χ4v) is 6.87. The van der Waals surface area contributed by atoms with Crippen molar-refractivity contribution >= 4 is 29.1 Å². The summed E-state index contributed by atoms with van der Waals surface area (Å²) in [6.45, 7) is 12.3. The molecule has 9 nitrogen and oxygen atoms in total. The summed E-state index contributed by atoms with van der Waals surface area (Å²) in [7, 11) is 0. The van der Waals surface area contributed by atoms with Crippen molar-refractivity contribution in [3.05, 3.63) is 70.4 Å². The zero-order valence-corrected chi connectivity index (χ0v) is 26.4. The van der Waals surface area contributed by atoms with Crippen LogP contribution in [0.4, 0.5) is 0 Å². The Bertz CT molecular complexity index is 1530. The van der Waals surface area contributed by atoms with Gasteiger partial charge in [-0.2, -0.15) is 0 Å². The third kappa shape index (κ3) is 6.45. The summed E-state index contributed by atoms with van der Waals surface area (Å²) in [4.78, 5) is 49.9. The van der Waals surface area contributed by atoms with Gasteiger partial charge in [0.2, 0.25) is 11.8 Å². The molecule has 0 bridgehead atoms. The number of aryl methyl sites for hydroxylation is 1. The standard InChI is InChI=1S/C33H40N4O5S/c1-19(2)28(37-16-22-9-7-8-10-25(22)31(37)40)32(41)36-17-24(42-33(4,5)6)14-26(36)30(39)34-15-23-13-21(11-12-27(23)38)29-20(3)35-18-43-29/h7-13,18-19,24,26,28,38H,14-17H2,1-6H3,(H,34,39)/t24-,26+,28?/m1/s1. The number of phenolic OH excluding ortho intramolecular Hbond substituents is 1. The summed E-state index contributed by atoms with van der Waals surface area (Å²) < 4.78 is 6.25. The summed E-state index contributed by atoms with van der Waals surface area (Å²) in [5.41, 5.74) is 5.20. The van der Waals surface area contributed by atoms with Crippen LogP contribution >= 0.6 is 11.3 Å². The molecule has 1 aromatic heterocycles. The molecule has 2 aliphatic rings. The molecule has 1 unspecified atom stereocenters. The van der Waals surface area contributed by atoms with E-state index in [4.69, 9.17) is 4.74 Å². The maximum Gasteiger partial charge on any atom is 0.255 e. The predicted octanol–water partition coefficient (Wildman–Crippen LogP) is 4.91. The van der Waals surface area contributed by atoms with E-state index in [2.05, 4.69) is 10.3 Å². The summed E-state index contributed by atoms with van der Waals surface area (Å²) in [6, 6.07) is 11.2. The maximum atomic E-state index is 14.3. The Morgan fingerprint density at radius 1 is 1.19 bits per heavy atom. The van der Waals surface area contributed by atoms with E-state index in [1.54, 1.807) is 27.4 Å². The lowest BCUT2D eigenvalue weighted by Crippen LogP contribution is -2.55. The molecule has 2 aromatic carbocycles. The first kappa shape index (κ1) is 30.7. The molecular weight excluding hydrogens is 564 g/mol. The Kier molecular flexibility index (Phi) is 8.63. The van der Waals surface area contributed by atoms with Gasteiger partial charge in [0.25, 0.3) is 5.91 Å². The van der Waals surface area contributed by atoms with E-state index in [0.717, 1.165) is 21.7 Å². The highest BCUT2D eigenvalue weighted by Crippen LogP contribution is 2.33. The molecule has 3 aromatic rings. The van der Waals surface area contributed by atoms with Crippen LogP contribution in [0.25, 0.3) is 10.4 Å². The van der Waals surface area contributed by atoms with E-state index in [-0.39, 0.29) is 48.6 Å². The first-order valence-electron chi connectivity index (χ1n) is 14.7. The molecular formula is C33H40N4O5S. The number of fused-ring (bicyclic) bond motifs is 1. The number of carbonyl (C=O) groups excluding carboxylic acids is 3. The van der Waals surface area contributed by atoms with Gasteiger partial charge in [-0.25, -0.2) is 4.98 Å². The second kappa shape index (κ2) is 12.1. The lowest BCUT2D eigenvalue weighted by atomic mass is 10.0. The molecule has 0 radical (unpaired) electrons. The molecule has 3 heterocycles. The van der Waals surface area contributed by atoms with Crippen molar-refractivity contribution in [2.75, 3.05) is 6.54 Å². The van der Waals surface area contributed by atoms with Crippen LogP contribution in [0.15, 0.2) is 48.0 Å². The largest absolute Gasteiger partial charge is 0.508 e. The van der Waals surface area contributed by atoms with E-state index >= 15 is 0 Å². The van der Waals surface area contributed by atoms with Gasteiger partial charge in [0.1, 0.15) is 17.8 Å². The van der Waals surface area contributed by atoms with Gasteiger partial charge in [-0.1, -0.05) is 32.0 Å². The van der Waals surface area contributed by atoms with Crippen LogP contribution in [0.3, 0.4) is 0 Å². The Hall–Kier alpha value is -3.76. The number of aromatic hydroxyl groups is 1. The van der Waals surface area contributed by atoms with Crippen molar-refractivity contribution < 1.29 is 24.2 Å². The topological polar surface area (TPSA) is 112 Å². The van der Waals surface area contributed by atoms with Crippen LogP contribution in [-0.2, 0) is 27.4 Å². The van der Waals surface area contributed by atoms with Gasteiger partial charge in [-0.15, -0.1) is 11.3 Å². The number of phenols is 1. The van der Waals surface area contributed by atoms with E-state index in [0.29, 0.717) is 24.1 Å². The smallest absolute Gasteiger partial charge is 0.255 e. The first-order chi connectivity index (χ1) is 20.3. The number of nitrogens with one attached hydrogen (secondary N) is 1. The molecule has 43 heavy (non-hydrogen) atoms. The zero-order valence-electron chi connectivity index (χ0n) is 25.6. The average Bonchev–Trinajstić information content (AvgIpc) is 3.64. The van der Waals surface area contributed by atoms with Crippen molar-refractivity contribution in [1.29, 1.82) is 0 Å². The van der Waals surface area contributed by atoms with Crippen LogP contribution in [0, 0.1) is 12.8 Å². The molecule has 0 saturated carbocycles. The number of rotatable bonds is 8. The van der Waals surface area contributed by atoms with E-state index in [1.807, 2.05) is 71.9 Å². The van der Waals surface area contributed by atoms with Crippen molar-refractivity contribution in [1.82, 2.24) is 20.1 Å². The first-order valence-corrected chi connectivity index (χ1v) is 15.6. The number of aromatic nitrogens is 1. The third-order valence-electron chi connectivity index (χ3n) is 7.98. The predicted molar refractivity (Wildman–Crippen MR) is 165 cm³/mol. The Balaban J connectivity index is 1.37. The second-order valence-electron chi connectivity index (χ2n) is 12.7. The molecule has 1 fully saturated rings. The van der Waals surface area contributed by atoms with Crippen molar-refractivity contribution in [3.8, 4) is 16.2 Å². The van der Waals surface area contributed by atoms with Gasteiger partial charge < -0.3 is 25.0 Å². The molecule has 2 N–H and O–H groups in total. The van der Waals surface area contributed by atoms with Gasteiger partial charge in [0, 0.05) is 37.2 Å². The highest BCUT2D eigenvalue weighted by Gasteiger charge is 2.47. The minimum atomic E-state index is -0.782. The van der Waals surface area contributed by atoms with Gasteiger partial charge in [-0.05, 0) is 69.0 Å². The number of nitrogens with zero attached hydrogens (tertiary/aromatic N) is 3. The van der Waals surface area contributed by atoms with Gasteiger partial charge in [0.05, 0.1) is 27.8 Å². The minimum absolute atomic E-state index is 0.0755. The number of benzene rings is 2. The van der Waals surface area contributed by atoms with Crippen molar-refractivity contribution in [2.45, 2.75) is 84.8 Å². The number of hydrogen-bond donors (Lipinski definition) is 2. The maximum absolute atomic E-state index is 14.3. The minimum Gasteiger partial charge on any atom is -0.508 e. The zero-order chi connectivity index (χ0) is 31.1. The normalized spacial score (nSPS) is 19.2. The fraction of sp³-hybridized carbons (Fsp3) is 0.455. The Morgan fingerprint density at radius 3 is 2.58 bits per heavy atom. The highest BCUT2D eigenvalue weighted by molar-refractivity contribution is 7.13. The lowest BCUT2D eigenvalue weighted by molar-refractivity contribution is -0.143.